The van der Waals surface area contributed by atoms with Crippen molar-refractivity contribution in [2.24, 2.45) is 0 Å². The summed E-state index contributed by atoms with van der Waals surface area (Å²) in [4.78, 5) is 23.6. The number of amides is 2. The van der Waals surface area contributed by atoms with Gasteiger partial charge in [-0.2, -0.15) is 0 Å². The summed E-state index contributed by atoms with van der Waals surface area (Å²) in [5, 5.41) is 6.65. The minimum atomic E-state index is -0.155. The molecule has 126 valence electrons. The van der Waals surface area contributed by atoms with Crippen molar-refractivity contribution >= 4 is 35.0 Å². The summed E-state index contributed by atoms with van der Waals surface area (Å²) < 4.78 is 0. The summed E-state index contributed by atoms with van der Waals surface area (Å²) in [6.07, 6.45) is 0.867. The molecular formula is C18H18Cl2N2O2. The molecular weight excluding hydrogens is 347 g/mol. The lowest BCUT2D eigenvalue weighted by Gasteiger charge is -2.08. The number of hydrogen-bond acceptors (Lipinski definition) is 2. The van der Waals surface area contributed by atoms with E-state index in [2.05, 4.69) is 10.6 Å². The van der Waals surface area contributed by atoms with Crippen LogP contribution in [0.15, 0.2) is 48.5 Å². The van der Waals surface area contributed by atoms with Crippen LogP contribution in [0.25, 0.3) is 0 Å². The zero-order valence-corrected chi connectivity index (χ0v) is 14.5. The Kier molecular flexibility index (Phi) is 7.09. The van der Waals surface area contributed by atoms with E-state index in [1.807, 2.05) is 12.1 Å². The minimum Gasteiger partial charge on any atom is -0.354 e. The van der Waals surface area contributed by atoms with Gasteiger partial charge in [-0.3, -0.25) is 9.59 Å². The maximum Gasteiger partial charge on any atom is 0.251 e. The number of nitrogens with one attached hydrogen (secondary N) is 2. The molecule has 4 nitrogen and oxygen atoms in total. The third-order valence-electron chi connectivity index (χ3n) is 3.41. The lowest BCUT2D eigenvalue weighted by Crippen LogP contribution is -2.34. The molecule has 0 saturated carbocycles. The van der Waals surface area contributed by atoms with Gasteiger partial charge in [0.25, 0.3) is 5.91 Å². The molecule has 0 radical (unpaired) electrons. The van der Waals surface area contributed by atoms with E-state index in [0.29, 0.717) is 41.5 Å². The standard InChI is InChI=1S/C18H18Cl2N2O2/c19-15-8-6-13(16(20)12-15)7-9-17(23)21-10-11-22-18(24)14-4-2-1-3-5-14/h1-6,8,12H,7,9-11H2,(H,21,23)(H,22,24). The molecule has 2 amide bonds. The fraction of sp³-hybridized carbons (Fsp3) is 0.222. The van der Waals surface area contributed by atoms with Crippen LogP contribution in [0.2, 0.25) is 10.0 Å². The molecule has 0 saturated heterocycles. The van der Waals surface area contributed by atoms with Crippen LogP contribution in [0.3, 0.4) is 0 Å². The van der Waals surface area contributed by atoms with Crippen molar-refractivity contribution in [1.29, 1.82) is 0 Å². The van der Waals surface area contributed by atoms with Crippen LogP contribution in [0, 0.1) is 0 Å². The molecule has 2 aromatic rings. The zero-order valence-electron chi connectivity index (χ0n) is 13.0. The molecule has 0 aromatic heterocycles. The van der Waals surface area contributed by atoms with Crippen molar-refractivity contribution in [1.82, 2.24) is 10.6 Å². The molecule has 2 rings (SSSR count). The molecule has 0 unspecified atom stereocenters. The first-order valence-corrected chi connectivity index (χ1v) is 8.36. The highest BCUT2D eigenvalue weighted by molar-refractivity contribution is 6.35. The second kappa shape index (κ2) is 9.30. The molecule has 0 aliphatic heterocycles. The van der Waals surface area contributed by atoms with Crippen molar-refractivity contribution < 1.29 is 9.59 Å². The average molecular weight is 365 g/mol. The van der Waals surface area contributed by atoms with Crippen molar-refractivity contribution in [3.63, 3.8) is 0 Å². The van der Waals surface area contributed by atoms with E-state index in [9.17, 15) is 9.59 Å². The fourth-order valence-electron chi connectivity index (χ4n) is 2.13. The predicted molar refractivity (Wildman–Crippen MR) is 96.6 cm³/mol. The average Bonchev–Trinajstić information content (AvgIpc) is 2.58. The van der Waals surface area contributed by atoms with Gasteiger partial charge in [0, 0.05) is 35.1 Å². The zero-order chi connectivity index (χ0) is 17.4. The third kappa shape index (κ3) is 5.87. The van der Waals surface area contributed by atoms with Crippen LogP contribution in [-0.4, -0.2) is 24.9 Å². The Labute approximate surface area is 151 Å². The van der Waals surface area contributed by atoms with Gasteiger partial charge in [-0.25, -0.2) is 0 Å². The lowest BCUT2D eigenvalue weighted by atomic mass is 10.1. The van der Waals surface area contributed by atoms with E-state index in [1.165, 1.54) is 0 Å². The van der Waals surface area contributed by atoms with E-state index in [4.69, 9.17) is 23.2 Å². The number of carbonyl (C=O) groups excluding carboxylic acids is 2. The first-order valence-electron chi connectivity index (χ1n) is 7.60. The van der Waals surface area contributed by atoms with Crippen LogP contribution in [0.5, 0.6) is 0 Å². The van der Waals surface area contributed by atoms with Gasteiger partial charge in [0.15, 0.2) is 0 Å². The van der Waals surface area contributed by atoms with Gasteiger partial charge >= 0.3 is 0 Å². The molecule has 0 aliphatic carbocycles. The Morgan fingerprint density at radius 3 is 2.33 bits per heavy atom. The summed E-state index contributed by atoms with van der Waals surface area (Å²) in [6.45, 7) is 0.757. The number of aryl methyl sites for hydroxylation is 1. The summed E-state index contributed by atoms with van der Waals surface area (Å²) in [5.74, 6) is -0.243. The van der Waals surface area contributed by atoms with E-state index >= 15 is 0 Å². The van der Waals surface area contributed by atoms with Gasteiger partial charge in [-0.15, -0.1) is 0 Å². The fourth-order valence-corrected chi connectivity index (χ4v) is 2.63. The highest BCUT2D eigenvalue weighted by Gasteiger charge is 2.07. The molecule has 6 heteroatoms. The van der Waals surface area contributed by atoms with Crippen LogP contribution in [0.4, 0.5) is 0 Å². The first-order chi connectivity index (χ1) is 11.6. The molecule has 0 heterocycles. The van der Waals surface area contributed by atoms with Crippen LogP contribution >= 0.6 is 23.2 Å². The summed E-state index contributed by atoms with van der Waals surface area (Å²) in [5.41, 5.74) is 1.48. The predicted octanol–water partition coefficient (Wildman–Crippen LogP) is 3.47. The van der Waals surface area contributed by atoms with Crippen LogP contribution in [0.1, 0.15) is 22.3 Å². The molecule has 0 bridgehead atoms. The highest BCUT2D eigenvalue weighted by Crippen LogP contribution is 2.21. The quantitative estimate of drug-likeness (QED) is 0.739. The van der Waals surface area contributed by atoms with Gasteiger partial charge < -0.3 is 10.6 Å². The van der Waals surface area contributed by atoms with Gasteiger partial charge in [-0.05, 0) is 36.2 Å². The van der Waals surface area contributed by atoms with E-state index in [-0.39, 0.29) is 11.8 Å². The molecule has 0 spiro atoms. The Balaban J connectivity index is 1.65. The largest absolute Gasteiger partial charge is 0.354 e. The van der Waals surface area contributed by atoms with Crippen LogP contribution < -0.4 is 10.6 Å². The maximum atomic E-state index is 11.8. The molecule has 0 atom stereocenters. The summed E-state index contributed by atoms with van der Waals surface area (Å²) in [7, 11) is 0. The lowest BCUT2D eigenvalue weighted by molar-refractivity contribution is -0.121. The maximum absolute atomic E-state index is 11.8. The van der Waals surface area contributed by atoms with Gasteiger partial charge in [0.1, 0.15) is 0 Å². The summed E-state index contributed by atoms with van der Waals surface area (Å²) in [6, 6.07) is 14.2. The minimum absolute atomic E-state index is 0.0880. The Morgan fingerprint density at radius 1 is 0.917 bits per heavy atom. The van der Waals surface area contributed by atoms with Crippen molar-refractivity contribution in [3.8, 4) is 0 Å². The van der Waals surface area contributed by atoms with Crippen LogP contribution in [-0.2, 0) is 11.2 Å². The van der Waals surface area contributed by atoms with E-state index in [0.717, 1.165) is 5.56 Å². The van der Waals surface area contributed by atoms with Gasteiger partial charge in [0.2, 0.25) is 5.91 Å². The first kappa shape index (κ1) is 18.3. The highest BCUT2D eigenvalue weighted by atomic mass is 35.5. The van der Waals surface area contributed by atoms with Crippen molar-refractivity contribution in [2.75, 3.05) is 13.1 Å². The third-order valence-corrected chi connectivity index (χ3v) is 3.99. The Morgan fingerprint density at radius 2 is 1.62 bits per heavy atom. The smallest absolute Gasteiger partial charge is 0.251 e. The second-order valence-electron chi connectivity index (χ2n) is 5.21. The monoisotopic (exact) mass is 364 g/mol. The van der Waals surface area contributed by atoms with Crippen molar-refractivity contribution in [3.05, 3.63) is 69.7 Å². The molecule has 2 aromatic carbocycles. The number of halogens is 2. The number of carbonyl (C=O) groups is 2. The number of benzene rings is 2. The number of rotatable bonds is 7. The van der Waals surface area contributed by atoms with Gasteiger partial charge in [-0.1, -0.05) is 47.5 Å². The molecule has 24 heavy (non-hydrogen) atoms. The SMILES string of the molecule is O=C(CCc1ccc(Cl)cc1Cl)NCCNC(=O)c1ccccc1. The molecule has 0 fully saturated rings. The van der Waals surface area contributed by atoms with E-state index in [1.54, 1.807) is 36.4 Å². The Hall–Kier alpha value is -2.04. The molecule has 2 N–H and O–H groups in total. The van der Waals surface area contributed by atoms with Gasteiger partial charge in [0.05, 0.1) is 0 Å². The van der Waals surface area contributed by atoms with E-state index < -0.39 is 0 Å². The second-order valence-corrected chi connectivity index (χ2v) is 6.05. The topological polar surface area (TPSA) is 58.2 Å². The molecule has 0 aliphatic rings. The normalized spacial score (nSPS) is 10.2. The number of hydrogen-bond donors (Lipinski definition) is 2. The summed E-state index contributed by atoms with van der Waals surface area (Å²) >= 11 is 11.9. The van der Waals surface area contributed by atoms with Crippen molar-refractivity contribution in [2.45, 2.75) is 12.8 Å². The Bertz CT molecular complexity index is 705.